The number of imidazole rings is 1. The van der Waals surface area contributed by atoms with E-state index in [9.17, 15) is 0 Å². The van der Waals surface area contributed by atoms with Crippen molar-refractivity contribution in [3.05, 3.63) is 30.6 Å². The van der Waals surface area contributed by atoms with Crippen molar-refractivity contribution >= 4 is 18.4 Å². The molecule has 0 unspecified atom stereocenters. The Kier molecular flexibility index (Phi) is 1.60. The molecular formula is C7H7BN2O2. The molecule has 12 heavy (non-hydrogen) atoms. The largest absolute Gasteiger partial charge is 0.508 e. The van der Waals surface area contributed by atoms with Crippen molar-refractivity contribution in [2.45, 2.75) is 0 Å². The standard InChI is InChI=1S/C7H7BN2O2/c11-8(12)6-5-9-7-3-1-2-4-10(6)7/h1-5,11-12H. The van der Waals surface area contributed by atoms with E-state index < -0.39 is 7.12 Å². The summed E-state index contributed by atoms with van der Waals surface area (Å²) in [4.78, 5) is 3.98. The second-order valence-corrected chi connectivity index (χ2v) is 2.49. The molecule has 0 radical (unpaired) electrons. The van der Waals surface area contributed by atoms with Crippen LogP contribution in [0.4, 0.5) is 0 Å². The summed E-state index contributed by atoms with van der Waals surface area (Å²) in [5.74, 6) is 0. The molecule has 2 heterocycles. The van der Waals surface area contributed by atoms with E-state index in [1.165, 1.54) is 6.20 Å². The van der Waals surface area contributed by atoms with E-state index in [2.05, 4.69) is 4.98 Å². The fraction of sp³-hybridized carbons (Fsp3) is 0. The Labute approximate surface area is 69.3 Å². The first kappa shape index (κ1) is 7.33. The smallest absolute Gasteiger partial charge is 0.422 e. The van der Waals surface area contributed by atoms with Crippen LogP contribution in [0.5, 0.6) is 0 Å². The lowest BCUT2D eigenvalue weighted by Crippen LogP contribution is -2.33. The molecule has 0 bridgehead atoms. The van der Waals surface area contributed by atoms with E-state index >= 15 is 0 Å². The number of hydrogen-bond acceptors (Lipinski definition) is 3. The molecule has 0 saturated heterocycles. The molecule has 5 heteroatoms. The zero-order valence-electron chi connectivity index (χ0n) is 6.25. The van der Waals surface area contributed by atoms with Crippen molar-refractivity contribution in [1.29, 1.82) is 0 Å². The van der Waals surface area contributed by atoms with Gasteiger partial charge in [0.15, 0.2) is 0 Å². The third-order valence-electron chi connectivity index (χ3n) is 1.71. The lowest BCUT2D eigenvalue weighted by atomic mass is 9.87. The molecule has 2 N–H and O–H groups in total. The van der Waals surface area contributed by atoms with Gasteiger partial charge in [0.2, 0.25) is 0 Å². The van der Waals surface area contributed by atoms with E-state index in [4.69, 9.17) is 10.0 Å². The second-order valence-electron chi connectivity index (χ2n) is 2.49. The highest BCUT2D eigenvalue weighted by molar-refractivity contribution is 6.57. The van der Waals surface area contributed by atoms with E-state index in [0.717, 1.165) is 0 Å². The van der Waals surface area contributed by atoms with Crippen molar-refractivity contribution in [3.63, 3.8) is 0 Å². The molecular weight excluding hydrogens is 155 g/mol. The zero-order chi connectivity index (χ0) is 8.55. The summed E-state index contributed by atoms with van der Waals surface area (Å²) in [6, 6.07) is 5.45. The summed E-state index contributed by atoms with van der Waals surface area (Å²) in [7, 11) is -1.47. The molecule has 2 aromatic heterocycles. The Morgan fingerprint density at radius 3 is 2.92 bits per heavy atom. The Morgan fingerprint density at radius 1 is 1.33 bits per heavy atom. The van der Waals surface area contributed by atoms with Gasteiger partial charge < -0.3 is 14.4 Å². The first-order chi connectivity index (χ1) is 5.79. The molecule has 2 aromatic rings. The van der Waals surface area contributed by atoms with Crippen LogP contribution in [0.3, 0.4) is 0 Å². The highest BCUT2D eigenvalue weighted by Gasteiger charge is 2.15. The van der Waals surface area contributed by atoms with Crippen LogP contribution in [0.25, 0.3) is 5.65 Å². The summed E-state index contributed by atoms with van der Waals surface area (Å²) in [6.45, 7) is 0. The molecule has 0 aromatic carbocycles. The molecule has 0 amide bonds. The first-order valence-electron chi connectivity index (χ1n) is 3.57. The maximum atomic E-state index is 8.91. The molecule has 0 atom stereocenters. The molecule has 0 fully saturated rings. The summed E-state index contributed by atoms with van der Waals surface area (Å²) in [6.07, 6.45) is 3.18. The average Bonchev–Trinajstić information content (AvgIpc) is 2.47. The molecule has 0 saturated carbocycles. The number of aromatic nitrogens is 2. The van der Waals surface area contributed by atoms with Crippen LogP contribution in [-0.4, -0.2) is 26.6 Å². The fourth-order valence-electron chi connectivity index (χ4n) is 1.14. The van der Waals surface area contributed by atoms with E-state index in [1.807, 2.05) is 6.07 Å². The van der Waals surface area contributed by atoms with E-state index in [0.29, 0.717) is 11.2 Å². The van der Waals surface area contributed by atoms with Crippen molar-refractivity contribution in [2.75, 3.05) is 0 Å². The van der Waals surface area contributed by atoms with Gasteiger partial charge in [0, 0.05) is 12.4 Å². The Hall–Kier alpha value is -1.33. The number of hydrogen-bond donors (Lipinski definition) is 2. The second kappa shape index (κ2) is 2.62. The number of nitrogens with zero attached hydrogens (tertiary/aromatic N) is 2. The molecule has 0 aliphatic carbocycles. The number of pyridine rings is 1. The van der Waals surface area contributed by atoms with Crippen molar-refractivity contribution in [1.82, 2.24) is 9.38 Å². The molecule has 0 aliphatic heterocycles. The summed E-state index contributed by atoms with van der Waals surface area (Å²) in [5.41, 5.74) is 1.09. The Balaban J connectivity index is 2.70. The van der Waals surface area contributed by atoms with E-state index in [1.54, 1.807) is 22.7 Å². The predicted molar refractivity (Wildman–Crippen MR) is 45.0 cm³/mol. The van der Waals surface area contributed by atoms with Gasteiger partial charge in [0.1, 0.15) is 5.65 Å². The van der Waals surface area contributed by atoms with Gasteiger partial charge in [0.25, 0.3) is 0 Å². The van der Waals surface area contributed by atoms with Gasteiger partial charge in [-0.3, -0.25) is 0 Å². The minimum Gasteiger partial charge on any atom is -0.422 e. The van der Waals surface area contributed by atoms with Gasteiger partial charge in [-0.25, -0.2) is 4.98 Å². The normalized spacial score (nSPS) is 10.5. The molecule has 4 nitrogen and oxygen atoms in total. The minimum absolute atomic E-state index is 0.380. The summed E-state index contributed by atoms with van der Waals surface area (Å²) in [5, 5.41) is 17.8. The summed E-state index contributed by atoms with van der Waals surface area (Å²) < 4.78 is 1.63. The predicted octanol–water partition coefficient (Wildman–Crippen LogP) is -0.986. The van der Waals surface area contributed by atoms with Gasteiger partial charge >= 0.3 is 7.12 Å². The zero-order valence-corrected chi connectivity index (χ0v) is 6.25. The summed E-state index contributed by atoms with van der Waals surface area (Å²) >= 11 is 0. The monoisotopic (exact) mass is 162 g/mol. The van der Waals surface area contributed by atoms with Crippen LogP contribution in [-0.2, 0) is 0 Å². The lowest BCUT2D eigenvalue weighted by Gasteiger charge is -1.97. The highest BCUT2D eigenvalue weighted by Crippen LogP contribution is 1.96. The van der Waals surface area contributed by atoms with Crippen LogP contribution in [0, 0.1) is 0 Å². The van der Waals surface area contributed by atoms with Crippen molar-refractivity contribution in [3.8, 4) is 0 Å². The third-order valence-corrected chi connectivity index (χ3v) is 1.71. The lowest BCUT2D eigenvalue weighted by molar-refractivity contribution is 0.424. The maximum absolute atomic E-state index is 8.91. The fourth-order valence-corrected chi connectivity index (χ4v) is 1.14. The SMILES string of the molecule is OB(O)c1cnc2ccccn12. The van der Waals surface area contributed by atoms with Crippen LogP contribution < -0.4 is 5.59 Å². The minimum atomic E-state index is -1.47. The van der Waals surface area contributed by atoms with Crippen LogP contribution in [0.15, 0.2) is 30.6 Å². The van der Waals surface area contributed by atoms with Crippen LogP contribution in [0.2, 0.25) is 0 Å². The van der Waals surface area contributed by atoms with Crippen molar-refractivity contribution in [2.24, 2.45) is 0 Å². The maximum Gasteiger partial charge on any atom is 0.508 e. The van der Waals surface area contributed by atoms with E-state index in [-0.39, 0.29) is 0 Å². The third kappa shape index (κ3) is 0.994. The van der Waals surface area contributed by atoms with Gasteiger partial charge in [-0.1, -0.05) is 6.07 Å². The van der Waals surface area contributed by atoms with Crippen LogP contribution in [0.1, 0.15) is 0 Å². The molecule has 2 rings (SSSR count). The highest BCUT2D eigenvalue weighted by atomic mass is 16.4. The topological polar surface area (TPSA) is 57.8 Å². The van der Waals surface area contributed by atoms with Gasteiger partial charge in [-0.2, -0.15) is 0 Å². The Morgan fingerprint density at radius 2 is 2.17 bits per heavy atom. The number of rotatable bonds is 1. The Bertz CT molecular complexity index is 399. The van der Waals surface area contributed by atoms with Gasteiger partial charge in [-0.15, -0.1) is 0 Å². The molecule has 60 valence electrons. The quantitative estimate of drug-likeness (QED) is 0.529. The van der Waals surface area contributed by atoms with Crippen molar-refractivity contribution < 1.29 is 10.0 Å². The molecule has 0 aliphatic rings. The van der Waals surface area contributed by atoms with Crippen LogP contribution >= 0.6 is 0 Å². The van der Waals surface area contributed by atoms with Gasteiger partial charge in [-0.05, 0) is 12.1 Å². The first-order valence-corrected chi connectivity index (χ1v) is 3.57. The molecule has 0 spiro atoms. The number of fused-ring (bicyclic) bond motifs is 1. The van der Waals surface area contributed by atoms with Gasteiger partial charge in [0.05, 0.1) is 5.59 Å². The average molecular weight is 162 g/mol.